The van der Waals surface area contributed by atoms with E-state index in [1.54, 1.807) is 0 Å². The number of halogens is 1. The molecular formula is C15H22FNO. The number of benzene rings is 1. The maximum atomic E-state index is 13.3. The van der Waals surface area contributed by atoms with E-state index in [1.165, 1.54) is 37.5 Å². The third-order valence-corrected chi connectivity index (χ3v) is 4.04. The lowest BCUT2D eigenvalue weighted by Crippen LogP contribution is -2.28. The zero-order valence-corrected chi connectivity index (χ0v) is 11.2. The number of nitrogens with zero attached hydrogens (tertiary/aromatic N) is 1. The fraction of sp³-hybridized carbons (Fsp3) is 0.600. The minimum absolute atomic E-state index is 0.0750. The summed E-state index contributed by atoms with van der Waals surface area (Å²) >= 11 is 0. The van der Waals surface area contributed by atoms with Gasteiger partial charge in [0, 0.05) is 11.6 Å². The first-order valence-electron chi connectivity index (χ1n) is 6.80. The van der Waals surface area contributed by atoms with Crippen molar-refractivity contribution in [1.82, 2.24) is 4.90 Å². The summed E-state index contributed by atoms with van der Waals surface area (Å²) in [7, 11) is 0. The van der Waals surface area contributed by atoms with Gasteiger partial charge >= 0.3 is 0 Å². The predicted molar refractivity (Wildman–Crippen MR) is 71.1 cm³/mol. The smallest absolute Gasteiger partial charge is 0.123 e. The van der Waals surface area contributed by atoms with E-state index in [9.17, 15) is 9.50 Å². The van der Waals surface area contributed by atoms with Gasteiger partial charge in [0.25, 0.3) is 0 Å². The molecule has 2 rings (SSSR count). The molecule has 2 unspecified atom stereocenters. The number of hydrogen-bond acceptors (Lipinski definition) is 2. The highest BCUT2D eigenvalue weighted by Crippen LogP contribution is 2.31. The Balaban J connectivity index is 2.14. The van der Waals surface area contributed by atoms with Crippen molar-refractivity contribution in [2.24, 2.45) is 5.92 Å². The second-order valence-corrected chi connectivity index (χ2v) is 5.45. The molecular weight excluding hydrogens is 229 g/mol. The molecule has 2 atom stereocenters. The van der Waals surface area contributed by atoms with Crippen LogP contribution in [-0.4, -0.2) is 23.1 Å². The van der Waals surface area contributed by atoms with Crippen LogP contribution in [0.25, 0.3) is 0 Å². The molecule has 0 radical (unpaired) electrons. The van der Waals surface area contributed by atoms with E-state index in [0.29, 0.717) is 5.56 Å². The third-order valence-electron chi connectivity index (χ3n) is 4.04. The lowest BCUT2D eigenvalue weighted by Gasteiger charge is -2.28. The molecule has 0 aromatic heterocycles. The SMILES string of the molecule is CC1CCCN(C(C)c2cc(F)ccc2O)CC1. The van der Waals surface area contributed by atoms with Crippen LogP contribution in [0.4, 0.5) is 4.39 Å². The first-order chi connectivity index (χ1) is 8.58. The predicted octanol–water partition coefficient (Wildman–Crippen LogP) is 3.71. The van der Waals surface area contributed by atoms with Crippen LogP contribution in [0.2, 0.25) is 0 Å². The molecule has 0 bridgehead atoms. The molecule has 1 heterocycles. The molecule has 2 nitrogen and oxygen atoms in total. The van der Waals surface area contributed by atoms with Crippen molar-refractivity contribution in [1.29, 1.82) is 0 Å². The highest BCUT2D eigenvalue weighted by atomic mass is 19.1. The Morgan fingerprint density at radius 3 is 2.89 bits per heavy atom. The van der Waals surface area contributed by atoms with Gasteiger partial charge in [0.15, 0.2) is 0 Å². The summed E-state index contributed by atoms with van der Waals surface area (Å²) in [5, 5.41) is 9.86. The van der Waals surface area contributed by atoms with Gasteiger partial charge in [0.05, 0.1) is 0 Å². The van der Waals surface area contributed by atoms with Gasteiger partial charge in [-0.3, -0.25) is 4.90 Å². The molecule has 1 N–H and O–H groups in total. The van der Waals surface area contributed by atoms with Gasteiger partial charge < -0.3 is 5.11 Å². The van der Waals surface area contributed by atoms with E-state index < -0.39 is 0 Å². The second-order valence-electron chi connectivity index (χ2n) is 5.45. The molecule has 1 aromatic carbocycles. The summed E-state index contributed by atoms with van der Waals surface area (Å²) in [6.07, 6.45) is 3.63. The lowest BCUT2D eigenvalue weighted by atomic mass is 10.0. The quantitative estimate of drug-likeness (QED) is 0.866. The molecule has 18 heavy (non-hydrogen) atoms. The van der Waals surface area contributed by atoms with E-state index >= 15 is 0 Å². The van der Waals surface area contributed by atoms with E-state index in [1.807, 2.05) is 6.92 Å². The Kier molecular flexibility index (Phi) is 4.23. The van der Waals surface area contributed by atoms with Crippen molar-refractivity contribution in [2.45, 2.75) is 39.2 Å². The monoisotopic (exact) mass is 251 g/mol. The van der Waals surface area contributed by atoms with Crippen molar-refractivity contribution >= 4 is 0 Å². The fourth-order valence-electron chi connectivity index (χ4n) is 2.73. The summed E-state index contributed by atoms with van der Waals surface area (Å²) in [5.41, 5.74) is 0.699. The van der Waals surface area contributed by atoms with Crippen LogP contribution in [-0.2, 0) is 0 Å². The van der Waals surface area contributed by atoms with Crippen molar-refractivity contribution in [2.75, 3.05) is 13.1 Å². The van der Waals surface area contributed by atoms with Gasteiger partial charge in [0.1, 0.15) is 11.6 Å². The summed E-state index contributed by atoms with van der Waals surface area (Å²) in [4.78, 5) is 2.35. The van der Waals surface area contributed by atoms with Gasteiger partial charge in [-0.15, -0.1) is 0 Å². The van der Waals surface area contributed by atoms with Gasteiger partial charge in [-0.1, -0.05) is 6.92 Å². The van der Waals surface area contributed by atoms with Crippen molar-refractivity contribution in [3.63, 3.8) is 0 Å². The number of phenolic OH excluding ortho intramolecular Hbond substituents is 1. The molecule has 1 aliphatic rings. The van der Waals surface area contributed by atoms with Crippen LogP contribution >= 0.6 is 0 Å². The van der Waals surface area contributed by atoms with Crippen LogP contribution in [0.1, 0.15) is 44.7 Å². The second kappa shape index (κ2) is 5.70. The van der Waals surface area contributed by atoms with Crippen molar-refractivity contribution in [3.05, 3.63) is 29.6 Å². The third kappa shape index (κ3) is 3.02. The maximum absolute atomic E-state index is 13.3. The van der Waals surface area contributed by atoms with Crippen LogP contribution in [0.15, 0.2) is 18.2 Å². The zero-order valence-electron chi connectivity index (χ0n) is 11.2. The van der Waals surface area contributed by atoms with E-state index in [4.69, 9.17) is 0 Å². The molecule has 0 spiro atoms. The van der Waals surface area contributed by atoms with E-state index in [2.05, 4.69) is 11.8 Å². The number of likely N-dealkylation sites (tertiary alicyclic amines) is 1. The average molecular weight is 251 g/mol. The first kappa shape index (κ1) is 13.3. The van der Waals surface area contributed by atoms with Crippen molar-refractivity contribution in [3.8, 4) is 5.75 Å². The topological polar surface area (TPSA) is 23.5 Å². The Morgan fingerprint density at radius 2 is 2.11 bits per heavy atom. The molecule has 1 aromatic rings. The first-order valence-corrected chi connectivity index (χ1v) is 6.80. The molecule has 1 aliphatic heterocycles. The molecule has 1 fully saturated rings. The minimum Gasteiger partial charge on any atom is -0.508 e. The molecule has 100 valence electrons. The van der Waals surface area contributed by atoms with Gasteiger partial charge in [-0.2, -0.15) is 0 Å². The van der Waals surface area contributed by atoms with Crippen LogP contribution in [0.3, 0.4) is 0 Å². The van der Waals surface area contributed by atoms with Gasteiger partial charge in [-0.25, -0.2) is 4.39 Å². The number of aromatic hydroxyl groups is 1. The lowest BCUT2D eigenvalue weighted by molar-refractivity contribution is 0.213. The number of rotatable bonds is 2. The van der Waals surface area contributed by atoms with Gasteiger partial charge in [0.2, 0.25) is 0 Å². The van der Waals surface area contributed by atoms with Crippen LogP contribution in [0, 0.1) is 11.7 Å². The standard InChI is InChI=1S/C15H22FNO/c1-11-4-3-8-17(9-7-11)12(2)14-10-13(16)5-6-15(14)18/h5-6,10-12,18H,3-4,7-9H2,1-2H3. The Morgan fingerprint density at radius 1 is 1.33 bits per heavy atom. The Hall–Kier alpha value is -1.09. The van der Waals surface area contributed by atoms with Crippen LogP contribution in [0.5, 0.6) is 5.75 Å². The Bertz CT molecular complexity index is 407. The molecule has 0 aliphatic carbocycles. The molecule has 0 saturated carbocycles. The van der Waals surface area contributed by atoms with Crippen LogP contribution < -0.4 is 0 Å². The summed E-state index contributed by atoms with van der Waals surface area (Å²) < 4.78 is 13.3. The molecule has 1 saturated heterocycles. The van der Waals surface area contributed by atoms with Crippen molar-refractivity contribution < 1.29 is 9.50 Å². The maximum Gasteiger partial charge on any atom is 0.123 e. The van der Waals surface area contributed by atoms with E-state index in [-0.39, 0.29) is 17.6 Å². The summed E-state index contributed by atoms with van der Waals surface area (Å²) in [6, 6.07) is 4.28. The minimum atomic E-state index is -0.280. The summed E-state index contributed by atoms with van der Waals surface area (Å²) in [6.45, 7) is 6.39. The highest BCUT2D eigenvalue weighted by molar-refractivity contribution is 5.34. The number of phenols is 1. The fourth-order valence-corrected chi connectivity index (χ4v) is 2.73. The average Bonchev–Trinajstić information content (AvgIpc) is 2.56. The Labute approximate surface area is 108 Å². The number of hydrogen-bond donors (Lipinski definition) is 1. The van der Waals surface area contributed by atoms with Gasteiger partial charge in [-0.05, 0) is 63.4 Å². The summed E-state index contributed by atoms with van der Waals surface area (Å²) in [5.74, 6) is 0.683. The molecule has 0 amide bonds. The highest BCUT2D eigenvalue weighted by Gasteiger charge is 2.21. The molecule has 3 heteroatoms. The normalized spacial score (nSPS) is 23.6. The van der Waals surface area contributed by atoms with E-state index in [0.717, 1.165) is 19.0 Å². The zero-order chi connectivity index (χ0) is 13.1. The largest absolute Gasteiger partial charge is 0.508 e.